The molecular formula is C8H14N2O2S2. The maximum absolute atomic E-state index is 11.7. The molecule has 2 amide bonds. The Hall–Kier alpha value is -0.360. The van der Waals surface area contributed by atoms with Gasteiger partial charge in [-0.25, -0.2) is 0 Å². The van der Waals surface area contributed by atoms with Gasteiger partial charge in [0.05, 0.1) is 0 Å². The normalized spacial score (nSPS) is 28.6. The molecule has 0 aromatic carbocycles. The number of amides is 2. The average molecular weight is 234 g/mol. The minimum Gasteiger partial charge on any atom is -0.320 e. The standard InChI is InChI=1S/C8H14N2O2S2/c1-3-9-5(11)8(14)10(4-2)6(12)7(9)13/h7-8,13-14H,3-4H2,1-2H3/t7-,8-/m0/s1. The first-order chi connectivity index (χ1) is 6.54. The van der Waals surface area contributed by atoms with Crippen molar-refractivity contribution in [2.24, 2.45) is 0 Å². The van der Waals surface area contributed by atoms with Crippen LogP contribution in [0.15, 0.2) is 0 Å². The van der Waals surface area contributed by atoms with Crippen LogP contribution in [0.25, 0.3) is 0 Å². The Kier molecular flexibility index (Phi) is 3.71. The lowest BCUT2D eigenvalue weighted by molar-refractivity contribution is -0.152. The molecule has 2 atom stereocenters. The number of carbonyl (C=O) groups excluding carboxylic acids is 2. The van der Waals surface area contributed by atoms with Crippen molar-refractivity contribution in [2.75, 3.05) is 13.1 Å². The van der Waals surface area contributed by atoms with E-state index in [2.05, 4.69) is 25.3 Å². The van der Waals surface area contributed by atoms with Crippen LogP contribution in [-0.2, 0) is 9.59 Å². The maximum Gasteiger partial charge on any atom is 0.256 e. The van der Waals surface area contributed by atoms with Crippen molar-refractivity contribution in [2.45, 2.75) is 24.6 Å². The number of hydrogen-bond acceptors (Lipinski definition) is 4. The molecule has 0 bridgehead atoms. The van der Waals surface area contributed by atoms with Gasteiger partial charge in [-0.15, -0.1) is 25.3 Å². The van der Waals surface area contributed by atoms with Crippen LogP contribution in [0.2, 0.25) is 0 Å². The molecule has 0 unspecified atom stereocenters. The maximum atomic E-state index is 11.7. The Balaban J connectivity index is 2.93. The van der Waals surface area contributed by atoms with Crippen LogP contribution in [0.4, 0.5) is 0 Å². The van der Waals surface area contributed by atoms with Crippen LogP contribution >= 0.6 is 25.3 Å². The zero-order valence-electron chi connectivity index (χ0n) is 8.17. The fraction of sp³-hybridized carbons (Fsp3) is 0.750. The molecule has 1 heterocycles. The molecule has 1 fully saturated rings. The molecule has 0 aromatic rings. The lowest BCUT2D eigenvalue weighted by Gasteiger charge is -2.40. The molecule has 0 aliphatic carbocycles. The van der Waals surface area contributed by atoms with Crippen molar-refractivity contribution in [1.82, 2.24) is 9.80 Å². The topological polar surface area (TPSA) is 40.6 Å². The predicted octanol–water partition coefficient (Wildman–Crippen LogP) is 0.209. The van der Waals surface area contributed by atoms with Crippen LogP contribution in [0.5, 0.6) is 0 Å². The predicted molar refractivity (Wildman–Crippen MR) is 60.3 cm³/mol. The number of rotatable bonds is 2. The number of hydrogen-bond donors (Lipinski definition) is 2. The summed E-state index contributed by atoms with van der Waals surface area (Å²) in [5.74, 6) is -0.311. The highest BCUT2D eigenvalue weighted by Gasteiger charge is 2.41. The molecule has 14 heavy (non-hydrogen) atoms. The molecule has 0 saturated carbocycles. The highest BCUT2D eigenvalue weighted by Crippen LogP contribution is 2.21. The smallest absolute Gasteiger partial charge is 0.256 e. The second kappa shape index (κ2) is 4.44. The van der Waals surface area contributed by atoms with Gasteiger partial charge in [-0.05, 0) is 13.8 Å². The first kappa shape index (κ1) is 11.7. The summed E-state index contributed by atoms with van der Waals surface area (Å²) in [6.07, 6.45) is 0. The summed E-state index contributed by atoms with van der Waals surface area (Å²) in [6, 6.07) is 0. The number of nitrogens with zero attached hydrogens (tertiary/aromatic N) is 2. The van der Waals surface area contributed by atoms with Gasteiger partial charge in [-0.2, -0.15) is 0 Å². The molecule has 0 aromatic heterocycles. The third-order valence-electron chi connectivity index (χ3n) is 2.28. The molecule has 4 nitrogen and oxygen atoms in total. The molecule has 80 valence electrons. The Morgan fingerprint density at radius 3 is 1.50 bits per heavy atom. The van der Waals surface area contributed by atoms with E-state index in [0.717, 1.165) is 0 Å². The summed E-state index contributed by atoms with van der Waals surface area (Å²) in [5, 5.41) is -1.31. The Morgan fingerprint density at radius 1 is 1.00 bits per heavy atom. The van der Waals surface area contributed by atoms with E-state index < -0.39 is 10.7 Å². The minimum atomic E-state index is -0.657. The van der Waals surface area contributed by atoms with Crippen LogP contribution in [0.1, 0.15) is 13.8 Å². The zero-order valence-corrected chi connectivity index (χ0v) is 9.96. The number of carbonyl (C=O) groups is 2. The number of thiol groups is 2. The summed E-state index contributed by atoms with van der Waals surface area (Å²) in [5.41, 5.74) is 0. The van der Waals surface area contributed by atoms with Crippen molar-refractivity contribution >= 4 is 37.1 Å². The van der Waals surface area contributed by atoms with Crippen LogP contribution in [0, 0.1) is 0 Å². The highest BCUT2D eigenvalue weighted by atomic mass is 32.1. The molecule has 1 aliphatic heterocycles. The zero-order chi connectivity index (χ0) is 10.9. The molecule has 1 aliphatic rings. The fourth-order valence-electron chi connectivity index (χ4n) is 1.46. The fourth-order valence-corrected chi connectivity index (χ4v) is 2.31. The van der Waals surface area contributed by atoms with Gasteiger partial charge in [0, 0.05) is 13.1 Å². The number of likely N-dealkylation sites (N-methyl/N-ethyl adjacent to an activating group) is 2. The van der Waals surface area contributed by atoms with E-state index in [4.69, 9.17) is 0 Å². The second-order valence-corrected chi connectivity index (χ2v) is 3.97. The first-order valence-electron chi connectivity index (χ1n) is 4.51. The molecule has 0 N–H and O–H groups in total. The van der Waals surface area contributed by atoms with Gasteiger partial charge in [0.2, 0.25) is 0 Å². The van der Waals surface area contributed by atoms with Gasteiger partial charge in [-0.1, -0.05) is 0 Å². The third-order valence-corrected chi connectivity index (χ3v) is 3.28. The van der Waals surface area contributed by atoms with Crippen LogP contribution < -0.4 is 0 Å². The van der Waals surface area contributed by atoms with E-state index in [-0.39, 0.29) is 11.8 Å². The molecule has 1 saturated heterocycles. The van der Waals surface area contributed by atoms with E-state index in [1.54, 1.807) is 0 Å². The van der Waals surface area contributed by atoms with Gasteiger partial charge in [0.1, 0.15) is 0 Å². The first-order valence-corrected chi connectivity index (χ1v) is 5.55. The average Bonchev–Trinajstić information content (AvgIpc) is 2.17. The quantitative estimate of drug-likeness (QED) is 0.671. The lowest BCUT2D eigenvalue weighted by atomic mass is 10.3. The van der Waals surface area contributed by atoms with Crippen LogP contribution in [-0.4, -0.2) is 45.5 Å². The van der Waals surface area contributed by atoms with E-state index in [9.17, 15) is 9.59 Å². The summed E-state index contributed by atoms with van der Waals surface area (Å²) in [7, 11) is 0. The molecular weight excluding hydrogens is 220 g/mol. The van der Waals surface area contributed by atoms with Gasteiger partial charge in [0.15, 0.2) is 10.7 Å². The van der Waals surface area contributed by atoms with Crippen LogP contribution in [0.3, 0.4) is 0 Å². The second-order valence-electron chi connectivity index (χ2n) is 3.00. The van der Waals surface area contributed by atoms with E-state index in [1.807, 2.05) is 13.8 Å². The molecule has 6 heteroatoms. The summed E-state index contributed by atoms with van der Waals surface area (Å²) in [6.45, 7) is 4.59. The monoisotopic (exact) mass is 234 g/mol. The minimum absolute atomic E-state index is 0.155. The van der Waals surface area contributed by atoms with Gasteiger partial charge < -0.3 is 9.80 Å². The van der Waals surface area contributed by atoms with Gasteiger partial charge >= 0.3 is 0 Å². The third kappa shape index (κ3) is 1.72. The van der Waals surface area contributed by atoms with Crippen molar-refractivity contribution < 1.29 is 9.59 Å². The van der Waals surface area contributed by atoms with Gasteiger partial charge in [-0.3, -0.25) is 9.59 Å². The Morgan fingerprint density at radius 2 is 1.29 bits per heavy atom. The molecule has 0 radical (unpaired) electrons. The summed E-state index contributed by atoms with van der Waals surface area (Å²) < 4.78 is 0. The Labute approximate surface area is 94.4 Å². The SMILES string of the molecule is CCN1C(=O)[C@H](S)N(CC)C(=O)[C@@H]1S. The largest absolute Gasteiger partial charge is 0.320 e. The van der Waals surface area contributed by atoms with E-state index in [1.165, 1.54) is 9.80 Å². The summed E-state index contributed by atoms with van der Waals surface area (Å²) >= 11 is 8.25. The molecule has 1 rings (SSSR count). The van der Waals surface area contributed by atoms with Crippen molar-refractivity contribution in [1.29, 1.82) is 0 Å². The van der Waals surface area contributed by atoms with Gasteiger partial charge in [0.25, 0.3) is 11.8 Å². The Bertz CT molecular complexity index is 234. The lowest BCUT2D eigenvalue weighted by Crippen LogP contribution is -2.61. The highest BCUT2D eigenvalue weighted by molar-refractivity contribution is 7.82. The van der Waals surface area contributed by atoms with Crippen molar-refractivity contribution in [3.05, 3.63) is 0 Å². The summed E-state index contributed by atoms with van der Waals surface area (Å²) in [4.78, 5) is 26.2. The van der Waals surface area contributed by atoms with Crippen molar-refractivity contribution in [3.63, 3.8) is 0 Å². The van der Waals surface area contributed by atoms with Crippen molar-refractivity contribution in [3.8, 4) is 0 Å². The van der Waals surface area contributed by atoms with E-state index >= 15 is 0 Å². The number of piperazine rings is 1. The van der Waals surface area contributed by atoms with E-state index in [0.29, 0.717) is 13.1 Å². The molecule has 0 spiro atoms.